The molecule has 3 aromatic carbocycles. The van der Waals surface area contributed by atoms with E-state index in [9.17, 15) is 9.59 Å². The van der Waals surface area contributed by atoms with Crippen molar-refractivity contribution >= 4 is 23.4 Å². The normalized spacial score (nSPS) is 12.8. The molecule has 4 rings (SSSR count). The maximum atomic E-state index is 13.0. The lowest BCUT2D eigenvalue weighted by Gasteiger charge is -2.30. The number of ether oxygens (including phenoxy) is 1. The minimum atomic E-state index is -0.523. The number of carbonyl (C=O) groups excluding carboxylic acids is 2. The number of benzene rings is 3. The van der Waals surface area contributed by atoms with Crippen molar-refractivity contribution in [2.75, 3.05) is 16.8 Å². The molecule has 0 spiro atoms. The Labute approximate surface area is 169 Å². The fourth-order valence-corrected chi connectivity index (χ4v) is 3.48. The maximum Gasteiger partial charge on any atom is 0.411 e. The van der Waals surface area contributed by atoms with E-state index in [1.807, 2.05) is 78.9 Å². The highest BCUT2D eigenvalue weighted by Gasteiger charge is 2.24. The number of hydrogen-bond donors (Lipinski definition) is 1. The van der Waals surface area contributed by atoms with Crippen LogP contribution in [0.2, 0.25) is 0 Å². The third-order valence-electron chi connectivity index (χ3n) is 4.93. The van der Waals surface area contributed by atoms with Crippen molar-refractivity contribution in [1.29, 1.82) is 0 Å². The van der Waals surface area contributed by atoms with E-state index in [4.69, 9.17) is 4.74 Å². The zero-order valence-corrected chi connectivity index (χ0v) is 16.0. The van der Waals surface area contributed by atoms with Crippen LogP contribution in [0.5, 0.6) is 0 Å². The molecular weight excluding hydrogens is 364 g/mol. The molecule has 0 saturated carbocycles. The Kier molecular flexibility index (Phi) is 5.56. The Bertz CT molecular complexity index is 1000. The van der Waals surface area contributed by atoms with Gasteiger partial charge in [-0.3, -0.25) is 10.1 Å². The predicted molar refractivity (Wildman–Crippen MR) is 113 cm³/mol. The van der Waals surface area contributed by atoms with Gasteiger partial charge in [0.2, 0.25) is 0 Å². The van der Waals surface area contributed by atoms with Gasteiger partial charge in [0.15, 0.2) is 0 Å². The molecule has 0 radical (unpaired) electrons. The molecule has 0 aliphatic carbocycles. The van der Waals surface area contributed by atoms with Gasteiger partial charge in [-0.15, -0.1) is 0 Å². The first kappa shape index (κ1) is 18.7. The molecular formula is C24H22N2O3. The van der Waals surface area contributed by atoms with Gasteiger partial charge in [-0.05, 0) is 48.2 Å². The average Bonchev–Trinajstić information content (AvgIpc) is 2.78. The summed E-state index contributed by atoms with van der Waals surface area (Å²) in [5.74, 6) is -0.0321. The summed E-state index contributed by atoms with van der Waals surface area (Å²) in [7, 11) is 0. The van der Waals surface area contributed by atoms with Crippen LogP contribution in [0, 0.1) is 0 Å². The molecule has 1 aliphatic heterocycles. The first-order chi connectivity index (χ1) is 14.2. The summed E-state index contributed by atoms with van der Waals surface area (Å²) in [6, 6.07) is 24.4. The molecule has 0 atom stereocenters. The van der Waals surface area contributed by atoms with Crippen molar-refractivity contribution in [3.8, 4) is 0 Å². The predicted octanol–water partition coefficient (Wildman–Crippen LogP) is 5.03. The van der Waals surface area contributed by atoms with Crippen LogP contribution >= 0.6 is 0 Å². The Morgan fingerprint density at radius 1 is 0.931 bits per heavy atom. The van der Waals surface area contributed by atoms with Crippen LogP contribution in [0.1, 0.15) is 27.9 Å². The van der Waals surface area contributed by atoms with Crippen LogP contribution < -0.4 is 10.2 Å². The summed E-state index contributed by atoms with van der Waals surface area (Å²) >= 11 is 0. The summed E-state index contributed by atoms with van der Waals surface area (Å²) < 4.78 is 5.29. The number of amides is 2. The molecule has 0 fully saturated rings. The summed E-state index contributed by atoms with van der Waals surface area (Å²) in [5, 5.41) is 2.76. The topological polar surface area (TPSA) is 58.6 Å². The lowest BCUT2D eigenvalue weighted by Crippen LogP contribution is -2.35. The van der Waals surface area contributed by atoms with Crippen LogP contribution in [0.15, 0.2) is 78.9 Å². The van der Waals surface area contributed by atoms with E-state index in [0.717, 1.165) is 29.7 Å². The molecule has 0 aromatic heterocycles. The van der Waals surface area contributed by atoms with Crippen molar-refractivity contribution in [1.82, 2.24) is 0 Å². The van der Waals surface area contributed by atoms with Crippen LogP contribution in [0.3, 0.4) is 0 Å². The zero-order chi connectivity index (χ0) is 20.1. The van der Waals surface area contributed by atoms with E-state index in [1.165, 1.54) is 0 Å². The van der Waals surface area contributed by atoms with Gasteiger partial charge >= 0.3 is 6.09 Å². The monoisotopic (exact) mass is 386 g/mol. The van der Waals surface area contributed by atoms with E-state index in [0.29, 0.717) is 17.8 Å². The van der Waals surface area contributed by atoms with Gasteiger partial charge in [0.05, 0.1) is 0 Å². The molecule has 0 saturated heterocycles. The fourth-order valence-electron chi connectivity index (χ4n) is 3.48. The average molecular weight is 386 g/mol. The molecule has 1 heterocycles. The summed E-state index contributed by atoms with van der Waals surface area (Å²) in [4.78, 5) is 26.9. The first-order valence-electron chi connectivity index (χ1n) is 9.68. The summed E-state index contributed by atoms with van der Waals surface area (Å²) in [5.41, 5.74) is 4.12. The van der Waals surface area contributed by atoms with Crippen molar-refractivity contribution < 1.29 is 14.3 Å². The molecule has 5 heteroatoms. The van der Waals surface area contributed by atoms with E-state index in [-0.39, 0.29) is 12.5 Å². The molecule has 2 amide bonds. The van der Waals surface area contributed by atoms with E-state index in [2.05, 4.69) is 5.32 Å². The number of nitrogens with zero attached hydrogens (tertiary/aromatic N) is 1. The van der Waals surface area contributed by atoms with E-state index < -0.39 is 6.09 Å². The van der Waals surface area contributed by atoms with Gasteiger partial charge in [-0.25, -0.2) is 4.79 Å². The highest BCUT2D eigenvalue weighted by molar-refractivity contribution is 6.07. The minimum absolute atomic E-state index is 0.0321. The lowest BCUT2D eigenvalue weighted by molar-refractivity contribution is 0.0985. The Morgan fingerprint density at radius 2 is 1.66 bits per heavy atom. The molecule has 5 nitrogen and oxygen atoms in total. The van der Waals surface area contributed by atoms with E-state index >= 15 is 0 Å². The standard InChI is InChI=1S/C24H22N2O3/c27-23(20-10-5-2-6-11-20)26-15-7-12-19-13-14-21(16-22(19)26)25-24(28)29-17-18-8-3-1-4-9-18/h1-6,8-11,13-14,16H,7,12,15,17H2,(H,25,28). The highest BCUT2D eigenvalue weighted by Crippen LogP contribution is 2.31. The Hall–Kier alpha value is -3.60. The number of hydrogen-bond acceptors (Lipinski definition) is 3. The molecule has 1 aliphatic rings. The smallest absolute Gasteiger partial charge is 0.411 e. The number of aryl methyl sites for hydroxylation is 1. The van der Waals surface area contributed by atoms with Gasteiger partial charge in [0.1, 0.15) is 6.61 Å². The molecule has 29 heavy (non-hydrogen) atoms. The minimum Gasteiger partial charge on any atom is -0.444 e. The molecule has 1 N–H and O–H groups in total. The van der Waals surface area contributed by atoms with Gasteiger partial charge in [-0.1, -0.05) is 54.6 Å². The van der Waals surface area contributed by atoms with Crippen molar-refractivity contribution in [3.63, 3.8) is 0 Å². The third-order valence-corrected chi connectivity index (χ3v) is 4.93. The second-order valence-electron chi connectivity index (χ2n) is 6.96. The number of anilines is 2. The number of rotatable bonds is 4. The second-order valence-corrected chi connectivity index (χ2v) is 6.96. The maximum absolute atomic E-state index is 13.0. The van der Waals surface area contributed by atoms with Crippen molar-refractivity contribution in [2.45, 2.75) is 19.4 Å². The SMILES string of the molecule is O=C(Nc1ccc2c(c1)N(C(=O)c1ccccc1)CCC2)OCc1ccccc1. The second kappa shape index (κ2) is 8.61. The quantitative estimate of drug-likeness (QED) is 0.684. The van der Waals surface area contributed by atoms with Crippen molar-refractivity contribution in [3.05, 3.63) is 95.6 Å². The van der Waals surface area contributed by atoms with Crippen LogP contribution in [-0.4, -0.2) is 18.5 Å². The molecule has 3 aromatic rings. The highest BCUT2D eigenvalue weighted by atomic mass is 16.5. The van der Waals surface area contributed by atoms with Crippen molar-refractivity contribution in [2.24, 2.45) is 0 Å². The van der Waals surface area contributed by atoms with Crippen LogP contribution in [-0.2, 0) is 17.8 Å². The van der Waals surface area contributed by atoms with Gasteiger partial charge < -0.3 is 9.64 Å². The fraction of sp³-hybridized carbons (Fsp3) is 0.167. The molecule has 0 unspecified atom stereocenters. The van der Waals surface area contributed by atoms with Crippen LogP contribution in [0.4, 0.5) is 16.2 Å². The zero-order valence-electron chi connectivity index (χ0n) is 16.0. The van der Waals surface area contributed by atoms with Gasteiger partial charge in [0.25, 0.3) is 5.91 Å². The van der Waals surface area contributed by atoms with Gasteiger partial charge in [0, 0.05) is 23.5 Å². The largest absolute Gasteiger partial charge is 0.444 e. The number of carbonyl (C=O) groups is 2. The number of fused-ring (bicyclic) bond motifs is 1. The third kappa shape index (κ3) is 4.46. The first-order valence-corrected chi connectivity index (χ1v) is 9.68. The molecule has 146 valence electrons. The lowest BCUT2D eigenvalue weighted by atomic mass is 10.00. The Balaban J connectivity index is 1.48. The summed E-state index contributed by atoms with van der Waals surface area (Å²) in [6.07, 6.45) is 1.30. The summed E-state index contributed by atoms with van der Waals surface area (Å²) in [6.45, 7) is 0.860. The van der Waals surface area contributed by atoms with Crippen LogP contribution in [0.25, 0.3) is 0 Å². The van der Waals surface area contributed by atoms with Gasteiger partial charge in [-0.2, -0.15) is 0 Å². The Morgan fingerprint density at radius 3 is 2.41 bits per heavy atom. The van der Waals surface area contributed by atoms with E-state index in [1.54, 1.807) is 4.90 Å². The number of nitrogens with one attached hydrogen (secondary N) is 1. The molecule has 0 bridgehead atoms.